The van der Waals surface area contributed by atoms with Crippen molar-refractivity contribution in [1.82, 2.24) is 14.9 Å². The minimum Gasteiger partial charge on any atom is -0.481 e. The van der Waals surface area contributed by atoms with Crippen molar-refractivity contribution in [2.75, 3.05) is 13.1 Å². The molecule has 1 saturated carbocycles. The Morgan fingerprint density at radius 3 is 2.39 bits per heavy atom. The summed E-state index contributed by atoms with van der Waals surface area (Å²) in [6.45, 7) is 1.63. The first kappa shape index (κ1) is 25.7. The van der Waals surface area contributed by atoms with Crippen molar-refractivity contribution < 1.29 is 23.8 Å². The van der Waals surface area contributed by atoms with Crippen LogP contribution in [0.4, 0.5) is 4.39 Å². The molecule has 4 N–H and O–H groups in total. The highest BCUT2D eigenvalue weighted by Gasteiger charge is 2.32. The van der Waals surface area contributed by atoms with Crippen LogP contribution in [0.3, 0.4) is 0 Å². The second-order valence-electron chi connectivity index (χ2n) is 9.63. The van der Waals surface area contributed by atoms with Gasteiger partial charge in [-0.1, -0.05) is 18.2 Å². The van der Waals surface area contributed by atoms with E-state index in [-0.39, 0.29) is 36.3 Å². The van der Waals surface area contributed by atoms with Gasteiger partial charge < -0.3 is 20.5 Å². The number of benzene rings is 1. The maximum absolute atomic E-state index is 15.1. The highest BCUT2D eigenvalue weighted by molar-refractivity contribution is 5.94. The third-order valence-electron chi connectivity index (χ3n) is 7.24. The van der Waals surface area contributed by atoms with Gasteiger partial charge in [0, 0.05) is 41.0 Å². The van der Waals surface area contributed by atoms with E-state index in [4.69, 9.17) is 15.9 Å². The first-order valence-corrected chi connectivity index (χ1v) is 12.4. The van der Waals surface area contributed by atoms with Crippen LogP contribution in [-0.2, 0) is 20.9 Å². The summed E-state index contributed by atoms with van der Waals surface area (Å²) in [4.78, 5) is 34.4. The molecule has 0 unspecified atom stereocenters. The van der Waals surface area contributed by atoms with E-state index in [0.717, 1.165) is 57.4 Å². The number of piperidine rings is 1. The lowest BCUT2D eigenvalue weighted by molar-refractivity contribution is -0.144. The molecule has 36 heavy (non-hydrogen) atoms. The van der Waals surface area contributed by atoms with Gasteiger partial charge in [0.25, 0.3) is 0 Å². The molecule has 2 aliphatic rings. The van der Waals surface area contributed by atoms with Gasteiger partial charge in [0.1, 0.15) is 30.5 Å². The molecular weight excluding hydrogens is 465 g/mol. The van der Waals surface area contributed by atoms with Crippen LogP contribution in [0.5, 0.6) is 0 Å². The van der Waals surface area contributed by atoms with E-state index in [1.54, 1.807) is 24.5 Å². The number of rotatable bonds is 8. The van der Waals surface area contributed by atoms with Gasteiger partial charge in [0.2, 0.25) is 0 Å². The van der Waals surface area contributed by atoms with Crippen molar-refractivity contribution in [2.24, 2.45) is 11.7 Å². The number of nitrogens with one attached hydrogen (secondary N) is 1. The summed E-state index contributed by atoms with van der Waals surface area (Å²) in [6.07, 6.45) is 8.19. The van der Waals surface area contributed by atoms with Gasteiger partial charge >= 0.3 is 11.9 Å². The van der Waals surface area contributed by atoms with Crippen LogP contribution in [0.25, 0.3) is 11.1 Å². The number of carbonyl (C=O) groups excluding carboxylic acids is 1. The number of hydrogen-bond donors (Lipinski definition) is 3. The van der Waals surface area contributed by atoms with Crippen molar-refractivity contribution in [3.8, 4) is 11.1 Å². The van der Waals surface area contributed by atoms with Crippen LogP contribution in [0.1, 0.15) is 62.3 Å². The lowest BCUT2D eigenvalue weighted by atomic mass is 9.84. The van der Waals surface area contributed by atoms with Gasteiger partial charge in [-0.2, -0.15) is 0 Å². The Bertz CT molecular complexity index is 1090. The predicted octanol–water partition coefficient (Wildman–Crippen LogP) is 3.47. The molecule has 1 aliphatic heterocycles. The highest BCUT2D eigenvalue weighted by Crippen LogP contribution is 2.33. The average molecular weight is 498 g/mol. The second-order valence-corrected chi connectivity index (χ2v) is 9.63. The van der Waals surface area contributed by atoms with Crippen LogP contribution in [0, 0.1) is 17.1 Å². The molecule has 4 rings (SSSR count). The monoisotopic (exact) mass is 497 g/mol. The van der Waals surface area contributed by atoms with Gasteiger partial charge in [0.15, 0.2) is 0 Å². The second kappa shape index (κ2) is 11.6. The Kier molecular flexibility index (Phi) is 8.25. The number of amidine groups is 1. The lowest BCUT2D eigenvalue weighted by Gasteiger charge is -2.40. The Labute approximate surface area is 209 Å². The first-order chi connectivity index (χ1) is 17.3. The predicted molar refractivity (Wildman–Crippen MR) is 131 cm³/mol. The van der Waals surface area contributed by atoms with Crippen LogP contribution in [0.2, 0.25) is 0 Å². The number of likely N-dealkylation sites (tertiary alicyclic amines) is 1. The number of nitrogens with zero attached hydrogens (tertiary/aromatic N) is 3. The van der Waals surface area contributed by atoms with E-state index in [1.165, 1.54) is 6.07 Å². The van der Waals surface area contributed by atoms with Crippen LogP contribution in [0.15, 0.2) is 30.6 Å². The normalized spacial score (nSPS) is 21.1. The lowest BCUT2D eigenvalue weighted by Crippen LogP contribution is -2.43. The number of carbonyl (C=O) groups is 2. The van der Waals surface area contributed by atoms with E-state index in [2.05, 4.69) is 14.9 Å². The highest BCUT2D eigenvalue weighted by atomic mass is 19.1. The maximum Gasteiger partial charge on any atom is 0.313 e. The zero-order chi connectivity index (χ0) is 25.7. The number of halogens is 1. The standard InChI is InChI=1S/C26H32FN5O4/c27-24-18(15-36-23(33)12-22(28)29)2-1-3-21(24)19-13-30-25(31-14-19)16-8-10-32(11-9-16)20-6-4-17(5-7-20)26(34)35/h1-3,13-14,16-17,20H,4-12,15H2,(H3,28,29)(H,34,35). The molecule has 9 nitrogen and oxygen atoms in total. The van der Waals surface area contributed by atoms with Gasteiger partial charge in [-0.05, 0) is 51.6 Å². The number of nitrogens with two attached hydrogens (primary N) is 1. The summed E-state index contributed by atoms with van der Waals surface area (Å²) in [7, 11) is 0. The molecule has 192 valence electrons. The van der Waals surface area contributed by atoms with Gasteiger partial charge in [-0.3, -0.25) is 15.0 Å². The molecule has 0 spiro atoms. The summed E-state index contributed by atoms with van der Waals surface area (Å²) in [6, 6.07) is 5.31. The van der Waals surface area contributed by atoms with Crippen molar-refractivity contribution >= 4 is 17.8 Å². The number of carboxylic acids is 1. The molecule has 0 radical (unpaired) electrons. The number of carboxylic acid groups (broad SMARTS) is 1. The molecule has 0 amide bonds. The Balaban J connectivity index is 1.33. The van der Waals surface area contributed by atoms with Crippen molar-refractivity contribution in [2.45, 2.75) is 63.5 Å². The van der Waals surface area contributed by atoms with Crippen LogP contribution in [-0.4, -0.2) is 56.9 Å². The molecule has 2 heterocycles. The zero-order valence-corrected chi connectivity index (χ0v) is 20.2. The molecule has 2 aromatic rings. The van der Waals surface area contributed by atoms with Gasteiger partial charge in [0.05, 0.1) is 5.92 Å². The van der Waals surface area contributed by atoms with Crippen molar-refractivity contribution in [3.63, 3.8) is 0 Å². The summed E-state index contributed by atoms with van der Waals surface area (Å²) in [5.41, 5.74) is 6.28. The summed E-state index contributed by atoms with van der Waals surface area (Å²) in [5, 5.41) is 16.3. The number of hydrogen-bond acceptors (Lipinski definition) is 7. The molecule has 2 fully saturated rings. The Hall–Kier alpha value is -3.40. The fourth-order valence-corrected chi connectivity index (χ4v) is 5.18. The fraction of sp³-hybridized carbons (Fsp3) is 0.500. The van der Waals surface area contributed by atoms with Crippen LogP contribution < -0.4 is 5.73 Å². The molecule has 0 bridgehead atoms. The zero-order valence-electron chi connectivity index (χ0n) is 20.2. The molecule has 1 saturated heterocycles. The van der Waals surface area contributed by atoms with Crippen molar-refractivity contribution in [3.05, 3.63) is 47.8 Å². The van der Waals surface area contributed by atoms with E-state index in [9.17, 15) is 14.7 Å². The van der Waals surface area contributed by atoms with Gasteiger partial charge in [-0.15, -0.1) is 0 Å². The molecule has 1 aromatic heterocycles. The Morgan fingerprint density at radius 1 is 1.11 bits per heavy atom. The van der Waals surface area contributed by atoms with E-state index in [0.29, 0.717) is 17.2 Å². The fourth-order valence-electron chi connectivity index (χ4n) is 5.18. The first-order valence-electron chi connectivity index (χ1n) is 12.4. The Morgan fingerprint density at radius 2 is 1.78 bits per heavy atom. The largest absolute Gasteiger partial charge is 0.481 e. The quantitative estimate of drug-likeness (QED) is 0.286. The summed E-state index contributed by atoms with van der Waals surface area (Å²) < 4.78 is 20.1. The third kappa shape index (κ3) is 6.23. The molecule has 0 atom stereocenters. The van der Waals surface area contributed by atoms with Crippen molar-refractivity contribution in [1.29, 1.82) is 5.41 Å². The van der Waals surface area contributed by atoms with E-state index < -0.39 is 17.8 Å². The number of ether oxygens (including phenoxy) is 1. The third-order valence-corrected chi connectivity index (χ3v) is 7.24. The number of aromatic nitrogens is 2. The molecule has 1 aliphatic carbocycles. The smallest absolute Gasteiger partial charge is 0.313 e. The molecule has 1 aromatic carbocycles. The molecular formula is C26H32FN5O4. The topological polar surface area (TPSA) is 142 Å². The number of esters is 1. The maximum atomic E-state index is 15.1. The minimum absolute atomic E-state index is 0.196. The number of aliphatic carboxylic acids is 1. The SMILES string of the molecule is N=C(N)CC(=O)OCc1cccc(-c2cnc(C3CCN(C4CCC(C(=O)O)CC4)CC3)nc2)c1F. The summed E-state index contributed by atoms with van der Waals surface area (Å²) >= 11 is 0. The minimum atomic E-state index is -0.682. The molecule has 10 heteroatoms. The van der Waals surface area contributed by atoms with Gasteiger partial charge in [-0.25, -0.2) is 14.4 Å². The van der Waals surface area contributed by atoms with Crippen LogP contribution >= 0.6 is 0 Å². The summed E-state index contributed by atoms with van der Waals surface area (Å²) in [5.74, 6) is -1.37. The van der Waals surface area contributed by atoms with E-state index in [1.807, 2.05) is 0 Å². The van der Waals surface area contributed by atoms with E-state index >= 15 is 4.39 Å². The average Bonchev–Trinajstić information content (AvgIpc) is 2.88.